The van der Waals surface area contributed by atoms with Crippen LogP contribution >= 0.6 is 22.6 Å². The summed E-state index contributed by atoms with van der Waals surface area (Å²) in [7, 11) is 0. The number of nitrogens with zero attached hydrogens (tertiary/aromatic N) is 2. The van der Waals surface area contributed by atoms with Gasteiger partial charge >= 0.3 is 0 Å². The topological polar surface area (TPSA) is 70.7 Å². The Balaban J connectivity index is 1.75. The summed E-state index contributed by atoms with van der Waals surface area (Å²) in [5.41, 5.74) is 2.39. The highest BCUT2D eigenvalue weighted by atomic mass is 127. The number of hydrogen-bond donors (Lipinski definition) is 2. The second kappa shape index (κ2) is 6.04. The molecule has 104 valence electrons. The van der Waals surface area contributed by atoms with Crippen molar-refractivity contribution in [2.75, 3.05) is 5.32 Å². The lowest BCUT2D eigenvalue weighted by molar-refractivity contribution is 0.102. The predicted octanol–water partition coefficient (Wildman–Crippen LogP) is 3.33. The maximum atomic E-state index is 12.1. The first-order valence-corrected chi connectivity index (χ1v) is 7.33. The summed E-state index contributed by atoms with van der Waals surface area (Å²) in [4.78, 5) is 16.1. The minimum atomic E-state index is -0.181. The van der Waals surface area contributed by atoms with Gasteiger partial charge in [0.25, 0.3) is 5.91 Å². The van der Waals surface area contributed by atoms with E-state index in [2.05, 4.69) is 43.1 Å². The number of halogens is 1. The largest absolute Gasteiger partial charge is 0.305 e. The van der Waals surface area contributed by atoms with Crippen LogP contribution in [0.25, 0.3) is 11.3 Å². The summed E-state index contributed by atoms with van der Waals surface area (Å²) in [5, 5.41) is 9.76. The van der Waals surface area contributed by atoms with Gasteiger partial charge in [-0.25, -0.2) is 0 Å². The van der Waals surface area contributed by atoms with Gasteiger partial charge in [-0.15, -0.1) is 0 Å². The van der Waals surface area contributed by atoms with Gasteiger partial charge in [0, 0.05) is 33.2 Å². The number of hydrogen-bond acceptors (Lipinski definition) is 3. The van der Waals surface area contributed by atoms with E-state index in [1.807, 2.05) is 24.3 Å². The van der Waals surface area contributed by atoms with Crippen molar-refractivity contribution >= 4 is 34.3 Å². The van der Waals surface area contributed by atoms with Crippen LogP contribution in [0.5, 0.6) is 0 Å². The van der Waals surface area contributed by atoms with Gasteiger partial charge in [-0.3, -0.25) is 14.9 Å². The molecule has 6 heteroatoms. The smallest absolute Gasteiger partial charge is 0.256 e. The number of aromatic nitrogens is 3. The highest BCUT2D eigenvalue weighted by molar-refractivity contribution is 14.1. The molecule has 0 saturated carbocycles. The molecule has 3 rings (SSSR count). The minimum absolute atomic E-state index is 0.181. The number of rotatable bonds is 3. The van der Waals surface area contributed by atoms with Crippen LogP contribution in [-0.2, 0) is 0 Å². The molecule has 0 atom stereocenters. The van der Waals surface area contributed by atoms with Crippen molar-refractivity contribution in [2.24, 2.45) is 0 Å². The fraction of sp³-hybridized carbons (Fsp3) is 0. The van der Waals surface area contributed by atoms with Crippen molar-refractivity contribution in [3.63, 3.8) is 0 Å². The van der Waals surface area contributed by atoms with E-state index >= 15 is 0 Å². The van der Waals surface area contributed by atoms with Crippen LogP contribution in [0.3, 0.4) is 0 Å². The van der Waals surface area contributed by atoms with Crippen molar-refractivity contribution < 1.29 is 4.79 Å². The number of amides is 1. The van der Waals surface area contributed by atoms with E-state index in [0.717, 1.165) is 14.8 Å². The summed E-state index contributed by atoms with van der Waals surface area (Å²) in [6.07, 6.45) is 3.42. The van der Waals surface area contributed by atoms with Crippen LogP contribution < -0.4 is 5.32 Å². The van der Waals surface area contributed by atoms with Crippen LogP contribution in [-0.4, -0.2) is 21.1 Å². The van der Waals surface area contributed by atoms with Gasteiger partial charge in [-0.1, -0.05) is 0 Å². The average molecular weight is 390 g/mol. The van der Waals surface area contributed by atoms with Gasteiger partial charge in [0.1, 0.15) is 0 Å². The van der Waals surface area contributed by atoms with Gasteiger partial charge in [0.2, 0.25) is 0 Å². The number of benzene rings is 1. The third-order valence-electron chi connectivity index (χ3n) is 2.92. The fourth-order valence-electron chi connectivity index (χ4n) is 1.85. The Morgan fingerprint density at radius 3 is 2.52 bits per heavy atom. The number of nitrogens with one attached hydrogen (secondary N) is 2. The first-order chi connectivity index (χ1) is 10.2. The Labute approximate surface area is 135 Å². The summed E-state index contributed by atoms with van der Waals surface area (Å²) in [6.45, 7) is 0. The molecule has 0 aliphatic heterocycles. The monoisotopic (exact) mass is 390 g/mol. The zero-order chi connectivity index (χ0) is 14.7. The number of carbonyl (C=O) groups is 1. The van der Waals surface area contributed by atoms with E-state index in [1.165, 1.54) is 0 Å². The Bertz CT molecular complexity index is 753. The van der Waals surface area contributed by atoms with E-state index in [0.29, 0.717) is 11.4 Å². The molecule has 0 aliphatic rings. The molecule has 0 aliphatic carbocycles. The van der Waals surface area contributed by atoms with Gasteiger partial charge in [0.15, 0.2) is 5.82 Å². The molecule has 0 fully saturated rings. The summed E-state index contributed by atoms with van der Waals surface area (Å²) < 4.78 is 1.09. The van der Waals surface area contributed by atoms with Crippen molar-refractivity contribution in [1.82, 2.24) is 15.2 Å². The van der Waals surface area contributed by atoms with Crippen LogP contribution in [0.1, 0.15) is 10.4 Å². The van der Waals surface area contributed by atoms with Crippen LogP contribution in [0, 0.1) is 3.57 Å². The summed E-state index contributed by atoms with van der Waals surface area (Å²) >= 11 is 2.20. The lowest BCUT2D eigenvalue weighted by Crippen LogP contribution is -2.11. The summed E-state index contributed by atoms with van der Waals surface area (Å²) in [6, 6.07) is 12.9. The molecular weight excluding hydrogens is 379 g/mol. The second-order valence-electron chi connectivity index (χ2n) is 4.36. The van der Waals surface area contributed by atoms with Crippen LogP contribution in [0.2, 0.25) is 0 Å². The Morgan fingerprint density at radius 1 is 1.10 bits per heavy atom. The molecule has 2 N–H and O–H groups in total. The molecule has 1 aromatic carbocycles. The molecule has 5 nitrogen and oxygen atoms in total. The quantitative estimate of drug-likeness (QED) is 0.674. The van der Waals surface area contributed by atoms with Crippen molar-refractivity contribution in [2.45, 2.75) is 0 Å². The van der Waals surface area contributed by atoms with Crippen molar-refractivity contribution in [3.05, 3.63) is 64.0 Å². The predicted molar refractivity (Wildman–Crippen MR) is 88.9 cm³/mol. The van der Waals surface area contributed by atoms with Gasteiger partial charge < -0.3 is 5.32 Å². The van der Waals surface area contributed by atoms with E-state index in [9.17, 15) is 4.79 Å². The zero-order valence-electron chi connectivity index (χ0n) is 10.9. The molecule has 2 heterocycles. The fourth-order valence-corrected chi connectivity index (χ4v) is 2.21. The third kappa shape index (κ3) is 3.27. The molecule has 0 saturated heterocycles. The van der Waals surface area contributed by atoms with Crippen LogP contribution in [0.4, 0.5) is 5.82 Å². The first-order valence-electron chi connectivity index (χ1n) is 6.25. The molecule has 1 amide bonds. The lowest BCUT2D eigenvalue weighted by atomic mass is 10.2. The summed E-state index contributed by atoms with van der Waals surface area (Å²) in [5.74, 6) is 0.310. The van der Waals surface area contributed by atoms with Crippen LogP contribution in [0.15, 0.2) is 54.9 Å². The number of pyridine rings is 1. The number of carbonyl (C=O) groups excluding carboxylic acids is 1. The number of anilines is 1. The van der Waals surface area contributed by atoms with E-state index in [1.54, 1.807) is 30.6 Å². The van der Waals surface area contributed by atoms with Crippen molar-refractivity contribution in [3.8, 4) is 11.3 Å². The molecule has 0 spiro atoms. The Kier molecular flexibility index (Phi) is 3.96. The second-order valence-corrected chi connectivity index (χ2v) is 5.61. The number of aromatic amines is 1. The molecule has 21 heavy (non-hydrogen) atoms. The minimum Gasteiger partial charge on any atom is -0.305 e. The van der Waals surface area contributed by atoms with Gasteiger partial charge in [0.05, 0.1) is 5.69 Å². The molecule has 3 aromatic rings. The van der Waals surface area contributed by atoms with E-state index < -0.39 is 0 Å². The third-order valence-corrected chi connectivity index (χ3v) is 3.64. The molecule has 0 unspecified atom stereocenters. The molecule has 2 aromatic heterocycles. The van der Waals surface area contributed by atoms with Gasteiger partial charge in [-0.2, -0.15) is 5.10 Å². The Hall–Kier alpha value is -2.22. The molecular formula is C15H11IN4O. The number of H-pyrrole nitrogens is 1. The van der Waals surface area contributed by atoms with E-state index in [-0.39, 0.29) is 5.91 Å². The highest BCUT2D eigenvalue weighted by Crippen LogP contribution is 2.19. The lowest BCUT2D eigenvalue weighted by Gasteiger charge is -2.01. The Morgan fingerprint density at radius 2 is 1.81 bits per heavy atom. The molecule has 0 bridgehead atoms. The maximum absolute atomic E-state index is 12.1. The first kappa shape index (κ1) is 13.7. The standard InChI is InChI=1S/C15H11IN4O/c16-12-3-1-11(2-4-12)15(21)18-14-9-13(19-20-14)10-5-7-17-8-6-10/h1-9H,(H2,18,19,20,21). The van der Waals surface area contributed by atoms with E-state index in [4.69, 9.17) is 0 Å². The average Bonchev–Trinajstić information content (AvgIpc) is 2.97. The highest BCUT2D eigenvalue weighted by Gasteiger charge is 2.09. The van der Waals surface area contributed by atoms with Gasteiger partial charge in [-0.05, 0) is 59.0 Å². The maximum Gasteiger partial charge on any atom is 0.256 e. The SMILES string of the molecule is O=C(Nc1cc(-c2ccncc2)[nH]n1)c1ccc(I)cc1. The normalized spacial score (nSPS) is 10.3. The molecule has 0 radical (unpaired) electrons. The zero-order valence-corrected chi connectivity index (χ0v) is 13.0. The van der Waals surface area contributed by atoms with Crippen molar-refractivity contribution in [1.29, 1.82) is 0 Å².